The molecule has 0 radical (unpaired) electrons. The van der Waals surface area contributed by atoms with Gasteiger partial charge in [-0.2, -0.15) is 4.39 Å². The van der Waals surface area contributed by atoms with E-state index in [0.717, 1.165) is 12.5 Å². The van der Waals surface area contributed by atoms with E-state index in [9.17, 15) is 14.5 Å². The number of halogens is 1. The number of para-hydroxylation sites is 1. The molecule has 0 unspecified atom stereocenters. The molecule has 1 N–H and O–H groups in total. The second-order valence-corrected chi connectivity index (χ2v) is 3.58. The van der Waals surface area contributed by atoms with E-state index in [2.05, 4.69) is 0 Å². The second kappa shape index (κ2) is 6.15. The Morgan fingerprint density at radius 1 is 1.47 bits per heavy atom. The molecule has 0 atom stereocenters. The first-order valence-electron chi connectivity index (χ1n) is 5.40. The number of aliphatic hydroxyl groups excluding tert-OH is 1. The molecule has 17 heavy (non-hydrogen) atoms. The Bertz CT molecular complexity index is 392. The van der Waals surface area contributed by atoms with Crippen LogP contribution in [0.2, 0.25) is 0 Å². The molecule has 1 rings (SSSR count). The number of aliphatic hydroxyl groups is 1. The maximum Gasteiger partial charge on any atom is 0.327 e. The van der Waals surface area contributed by atoms with Gasteiger partial charge in [0.2, 0.25) is 5.82 Å². The molecule has 0 aliphatic carbocycles. The zero-order valence-corrected chi connectivity index (χ0v) is 9.60. The van der Waals surface area contributed by atoms with Gasteiger partial charge in [-0.15, -0.1) is 0 Å². The molecule has 0 aliphatic heterocycles. The molecule has 1 aromatic rings. The lowest BCUT2D eigenvalue weighted by Crippen LogP contribution is -2.28. The Labute approximate surface area is 98.6 Å². The molecule has 6 heteroatoms. The van der Waals surface area contributed by atoms with Gasteiger partial charge in [0, 0.05) is 13.1 Å². The lowest BCUT2D eigenvalue weighted by atomic mass is 10.2. The standard InChI is InChI=1S/C11H15FN2O3/c1-2-6-13(7-8-15)10-5-3-4-9(12)11(10)14(16)17/h3-5,15H,2,6-8H2,1H3. The van der Waals surface area contributed by atoms with Crippen LogP contribution in [0.3, 0.4) is 0 Å². The zero-order chi connectivity index (χ0) is 12.8. The Hall–Kier alpha value is -1.69. The van der Waals surface area contributed by atoms with Crippen LogP contribution in [0.1, 0.15) is 13.3 Å². The largest absolute Gasteiger partial charge is 0.395 e. The normalized spacial score (nSPS) is 10.3. The van der Waals surface area contributed by atoms with Crippen molar-refractivity contribution < 1.29 is 14.4 Å². The van der Waals surface area contributed by atoms with E-state index in [4.69, 9.17) is 5.11 Å². The predicted molar refractivity (Wildman–Crippen MR) is 62.6 cm³/mol. The Balaban J connectivity index is 3.17. The summed E-state index contributed by atoms with van der Waals surface area (Å²) in [5, 5.41) is 19.8. The molecule has 0 bridgehead atoms. The van der Waals surface area contributed by atoms with E-state index >= 15 is 0 Å². The van der Waals surface area contributed by atoms with Gasteiger partial charge >= 0.3 is 5.69 Å². The smallest absolute Gasteiger partial charge is 0.327 e. The van der Waals surface area contributed by atoms with Crippen molar-refractivity contribution in [1.82, 2.24) is 0 Å². The minimum absolute atomic E-state index is 0.131. The van der Waals surface area contributed by atoms with E-state index in [1.807, 2.05) is 6.92 Å². The monoisotopic (exact) mass is 242 g/mol. The van der Waals surface area contributed by atoms with Gasteiger partial charge in [0.1, 0.15) is 5.69 Å². The van der Waals surface area contributed by atoms with E-state index in [-0.39, 0.29) is 18.8 Å². The van der Waals surface area contributed by atoms with Crippen LogP contribution >= 0.6 is 0 Å². The third kappa shape index (κ3) is 3.13. The number of anilines is 1. The lowest BCUT2D eigenvalue weighted by Gasteiger charge is -2.22. The number of nitro groups is 1. The Kier molecular flexibility index (Phi) is 4.84. The van der Waals surface area contributed by atoms with Crippen LogP contribution in [0, 0.1) is 15.9 Å². The van der Waals surface area contributed by atoms with E-state index in [1.165, 1.54) is 12.1 Å². The van der Waals surface area contributed by atoms with Crippen molar-refractivity contribution in [2.45, 2.75) is 13.3 Å². The predicted octanol–water partition coefficient (Wildman–Crippen LogP) is 1.94. The molecule has 0 spiro atoms. The number of hydrogen-bond acceptors (Lipinski definition) is 4. The molecule has 0 fully saturated rings. The number of nitro benzene ring substituents is 1. The van der Waals surface area contributed by atoms with Crippen LogP contribution in [-0.2, 0) is 0 Å². The van der Waals surface area contributed by atoms with Crippen molar-refractivity contribution in [2.24, 2.45) is 0 Å². The van der Waals surface area contributed by atoms with Gasteiger partial charge in [-0.25, -0.2) is 0 Å². The van der Waals surface area contributed by atoms with Crippen LogP contribution in [0.5, 0.6) is 0 Å². The Morgan fingerprint density at radius 2 is 2.18 bits per heavy atom. The summed E-state index contributed by atoms with van der Waals surface area (Å²) in [5.74, 6) is -0.855. The zero-order valence-electron chi connectivity index (χ0n) is 9.60. The van der Waals surface area contributed by atoms with Crippen molar-refractivity contribution in [3.05, 3.63) is 34.1 Å². The quantitative estimate of drug-likeness (QED) is 0.611. The summed E-state index contributed by atoms with van der Waals surface area (Å²) in [6, 6.07) is 3.98. The molecule has 0 amide bonds. The fraction of sp³-hybridized carbons (Fsp3) is 0.455. The highest BCUT2D eigenvalue weighted by Gasteiger charge is 2.23. The molecular weight excluding hydrogens is 227 g/mol. The van der Waals surface area contributed by atoms with Gasteiger partial charge in [0.15, 0.2) is 0 Å². The summed E-state index contributed by atoms with van der Waals surface area (Å²) in [6.45, 7) is 2.56. The van der Waals surface area contributed by atoms with Gasteiger partial charge in [-0.1, -0.05) is 13.0 Å². The fourth-order valence-electron chi connectivity index (χ4n) is 1.68. The van der Waals surface area contributed by atoms with Crippen molar-refractivity contribution in [1.29, 1.82) is 0 Å². The van der Waals surface area contributed by atoms with Crippen LogP contribution in [-0.4, -0.2) is 29.7 Å². The van der Waals surface area contributed by atoms with E-state index in [1.54, 1.807) is 4.90 Å². The van der Waals surface area contributed by atoms with Crippen molar-refractivity contribution in [3.8, 4) is 0 Å². The minimum Gasteiger partial charge on any atom is -0.395 e. The van der Waals surface area contributed by atoms with Crippen LogP contribution in [0.25, 0.3) is 0 Å². The van der Waals surface area contributed by atoms with Crippen molar-refractivity contribution in [2.75, 3.05) is 24.6 Å². The first-order valence-corrected chi connectivity index (χ1v) is 5.40. The summed E-state index contributed by atoms with van der Waals surface area (Å²) in [5.41, 5.74) is -0.319. The summed E-state index contributed by atoms with van der Waals surface area (Å²) < 4.78 is 13.4. The van der Waals surface area contributed by atoms with Crippen molar-refractivity contribution in [3.63, 3.8) is 0 Å². The summed E-state index contributed by atoms with van der Waals surface area (Å²) in [6.07, 6.45) is 0.758. The molecule has 0 aliphatic rings. The van der Waals surface area contributed by atoms with Crippen LogP contribution < -0.4 is 4.90 Å². The van der Waals surface area contributed by atoms with Gasteiger partial charge in [-0.05, 0) is 18.6 Å². The highest BCUT2D eigenvalue weighted by Crippen LogP contribution is 2.30. The van der Waals surface area contributed by atoms with Gasteiger partial charge in [0.05, 0.1) is 11.5 Å². The average molecular weight is 242 g/mol. The molecule has 0 aromatic heterocycles. The second-order valence-electron chi connectivity index (χ2n) is 3.58. The molecule has 0 saturated carbocycles. The number of rotatable bonds is 6. The molecule has 0 saturated heterocycles. The van der Waals surface area contributed by atoms with Gasteiger partial charge < -0.3 is 10.0 Å². The lowest BCUT2D eigenvalue weighted by molar-refractivity contribution is -0.386. The number of nitrogens with zero attached hydrogens (tertiary/aromatic N) is 2. The molecule has 5 nitrogen and oxygen atoms in total. The first-order chi connectivity index (χ1) is 8.11. The summed E-state index contributed by atoms with van der Waals surface area (Å²) in [4.78, 5) is 11.7. The first kappa shape index (κ1) is 13.4. The summed E-state index contributed by atoms with van der Waals surface area (Å²) in [7, 11) is 0. The highest BCUT2D eigenvalue weighted by atomic mass is 19.1. The fourth-order valence-corrected chi connectivity index (χ4v) is 1.68. The topological polar surface area (TPSA) is 66.6 Å². The molecule has 1 aromatic carbocycles. The SMILES string of the molecule is CCCN(CCO)c1cccc(F)c1[N+](=O)[O-]. The van der Waals surface area contributed by atoms with Crippen LogP contribution in [0.15, 0.2) is 18.2 Å². The van der Waals surface area contributed by atoms with E-state index < -0.39 is 16.4 Å². The number of hydrogen-bond donors (Lipinski definition) is 1. The molecular formula is C11H15FN2O3. The highest BCUT2D eigenvalue weighted by molar-refractivity contribution is 5.63. The third-order valence-electron chi connectivity index (χ3n) is 2.35. The molecule has 94 valence electrons. The van der Waals surface area contributed by atoms with Gasteiger partial charge in [-0.3, -0.25) is 10.1 Å². The van der Waals surface area contributed by atoms with E-state index in [0.29, 0.717) is 6.54 Å². The Morgan fingerprint density at radius 3 is 2.71 bits per heavy atom. The van der Waals surface area contributed by atoms with Crippen molar-refractivity contribution >= 4 is 11.4 Å². The summed E-state index contributed by atoms with van der Waals surface area (Å²) >= 11 is 0. The maximum absolute atomic E-state index is 13.4. The third-order valence-corrected chi connectivity index (χ3v) is 2.35. The van der Waals surface area contributed by atoms with Gasteiger partial charge in [0.25, 0.3) is 0 Å². The number of benzene rings is 1. The maximum atomic E-state index is 13.4. The minimum atomic E-state index is -0.855. The average Bonchev–Trinajstić information content (AvgIpc) is 2.28. The van der Waals surface area contributed by atoms with Crippen LogP contribution in [0.4, 0.5) is 15.8 Å². The molecule has 0 heterocycles.